The summed E-state index contributed by atoms with van der Waals surface area (Å²) in [5, 5.41) is 2.74. The quantitative estimate of drug-likeness (QED) is 0.405. The summed E-state index contributed by atoms with van der Waals surface area (Å²) < 4.78 is 16.2. The molecule has 1 aromatic heterocycles. The minimum absolute atomic E-state index is 0.0877. The number of nitrogens with one attached hydrogen (secondary N) is 1. The zero-order valence-corrected chi connectivity index (χ0v) is 19.7. The summed E-state index contributed by atoms with van der Waals surface area (Å²) in [5.74, 6) is 2.12. The molecule has 0 unspecified atom stereocenters. The number of nitrogens with two attached hydrogens (primary N) is 1. The number of nitrogen functional groups attached to an aromatic ring is 1. The largest absolute Gasteiger partial charge is 0.493 e. The lowest BCUT2D eigenvalue weighted by molar-refractivity contribution is -0.116. The van der Waals surface area contributed by atoms with Crippen molar-refractivity contribution in [3.8, 4) is 17.2 Å². The Morgan fingerprint density at radius 3 is 2.16 bits per heavy atom. The Hall–Kier alpha value is -3.03. The second-order valence-corrected chi connectivity index (χ2v) is 7.73. The number of methoxy groups -OCH3 is 3. The summed E-state index contributed by atoms with van der Waals surface area (Å²) in [4.78, 5) is 20.7. The highest BCUT2D eigenvalue weighted by Crippen LogP contribution is 2.38. The average Bonchev–Trinajstić information content (AvgIpc) is 2.79. The predicted octanol–water partition coefficient (Wildman–Crippen LogP) is 4.75. The maximum Gasteiger partial charge on any atom is 0.231 e. The standard InChI is InChI=1S/C24H36N4O4/c1-5-6-7-8-9-10-11-12-21(29)27-24-26-16-18(23(25)28-24)13-17-14-19(30-2)22(32-4)20(15-17)31-3/h14-16H,5-13H2,1-4H3,(H3,25,26,27,28,29). The van der Waals surface area contributed by atoms with Gasteiger partial charge >= 0.3 is 0 Å². The maximum atomic E-state index is 12.2. The molecule has 2 aromatic rings. The van der Waals surface area contributed by atoms with Crippen LogP contribution < -0.4 is 25.3 Å². The first-order chi connectivity index (χ1) is 15.5. The molecule has 0 saturated carbocycles. The average molecular weight is 445 g/mol. The summed E-state index contributed by atoms with van der Waals surface area (Å²) in [6.45, 7) is 2.21. The van der Waals surface area contributed by atoms with E-state index in [1.165, 1.54) is 32.1 Å². The van der Waals surface area contributed by atoms with E-state index in [9.17, 15) is 4.79 Å². The Bertz CT molecular complexity index is 848. The van der Waals surface area contributed by atoms with Crippen LogP contribution in [0.4, 0.5) is 11.8 Å². The van der Waals surface area contributed by atoms with Crippen LogP contribution >= 0.6 is 0 Å². The van der Waals surface area contributed by atoms with Gasteiger partial charge in [0.05, 0.1) is 21.3 Å². The number of benzene rings is 1. The third-order valence-electron chi connectivity index (χ3n) is 5.28. The Balaban J connectivity index is 1.93. The van der Waals surface area contributed by atoms with E-state index < -0.39 is 0 Å². The van der Waals surface area contributed by atoms with Gasteiger partial charge < -0.3 is 19.9 Å². The van der Waals surface area contributed by atoms with E-state index in [2.05, 4.69) is 22.2 Å². The van der Waals surface area contributed by atoms with Crippen molar-refractivity contribution in [2.75, 3.05) is 32.4 Å². The van der Waals surface area contributed by atoms with Crippen LogP contribution in [0.15, 0.2) is 18.3 Å². The highest BCUT2D eigenvalue weighted by Gasteiger charge is 2.15. The van der Waals surface area contributed by atoms with Gasteiger partial charge in [0.2, 0.25) is 17.6 Å². The van der Waals surface area contributed by atoms with Gasteiger partial charge in [-0.3, -0.25) is 10.1 Å². The van der Waals surface area contributed by atoms with Gasteiger partial charge in [-0.05, 0) is 24.1 Å². The molecule has 1 amide bonds. The molecule has 0 spiro atoms. The number of anilines is 2. The van der Waals surface area contributed by atoms with Crippen LogP contribution in [0, 0.1) is 0 Å². The number of hydrogen-bond acceptors (Lipinski definition) is 7. The van der Waals surface area contributed by atoms with Crippen molar-refractivity contribution in [3.05, 3.63) is 29.5 Å². The molecule has 0 aliphatic rings. The van der Waals surface area contributed by atoms with Crippen molar-refractivity contribution in [1.29, 1.82) is 0 Å². The first-order valence-corrected chi connectivity index (χ1v) is 11.2. The fourth-order valence-electron chi connectivity index (χ4n) is 3.50. The highest BCUT2D eigenvalue weighted by atomic mass is 16.5. The van der Waals surface area contributed by atoms with Crippen LogP contribution in [0.5, 0.6) is 17.2 Å². The SMILES string of the molecule is CCCCCCCCCC(=O)Nc1ncc(Cc2cc(OC)c(OC)c(OC)c2)c(N)n1. The van der Waals surface area contributed by atoms with Crippen molar-refractivity contribution < 1.29 is 19.0 Å². The molecular formula is C24H36N4O4. The second-order valence-electron chi connectivity index (χ2n) is 7.73. The molecule has 8 heteroatoms. The molecule has 1 aromatic carbocycles. The highest BCUT2D eigenvalue weighted by molar-refractivity contribution is 5.89. The summed E-state index contributed by atoms with van der Waals surface area (Å²) in [5.41, 5.74) is 7.78. The molecule has 8 nitrogen and oxygen atoms in total. The van der Waals surface area contributed by atoms with Gasteiger partial charge in [0.1, 0.15) is 5.82 Å². The van der Waals surface area contributed by atoms with Crippen molar-refractivity contribution in [3.63, 3.8) is 0 Å². The molecule has 32 heavy (non-hydrogen) atoms. The maximum absolute atomic E-state index is 12.2. The van der Waals surface area contributed by atoms with Gasteiger partial charge in [0.15, 0.2) is 11.5 Å². The first kappa shape index (κ1) is 25.2. The molecule has 1 heterocycles. The second kappa shape index (κ2) is 13.4. The van der Waals surface area contributed by atoms with Gasteiger partial charge in [-0.1, -0.05) is 45.4 Å². The molecule has 3 N–H and O–H groups in total. The Morgan fingerprint density at radius 1 is 0.969 bits per heavy atom. The zero-order chi connectivity index (χ0) is 23.3. The normalized spacial score (nSPS) is 10.6. The van der Waals surface area contributed by atoms with E-state index in [0.29, 0.717) is 35.9 Å². The number of amides is 1. The third kappa shape index (κ3) is 7.59. The van der Waals surface area contributed by atoms with Crippen LogP contribution in [0.1, 0.15) is 69.4 Å². The number of carbonyl (C=O) groups is 1. The third-order valence-corrected chi connectivity index (χ3v) is 5.28. The molecule has 0 aliphatic heterocycles. The van der Waals surface area contributed by atoms with E-state index in [4.69, 9.17) is 19.9 Å². The Labute approximate surface area is 190 Å². The van der Waals surface area contributed by atoms with Gasteiger partial charge in [0.25, 0.3) is 0 Å². The van der Waals surface area contributed by atoms with Gasteiger partial charge in [-0.15, -0.1) is 0 Å². The summed E-state index contributed by atoms with van der Waals surface area (Å²) >= 11 is 0. The van der Waals surface area contributed by atoms with E-state index in [0.717, 1.165) is 24.0 Å². The molecule has 0 atom stereocenters. The van der Waals surface area contributed by atoms with Crippen molar-refractivity contribution in [2.45, 2.75) is 64.7 Å². The van der Waals surface area contributed by atoms with Crippen molar-refractivity contribution in [1.82, 2.24) is 9.97 Å². The number of aromatic nitrogens is 2. The topological polar surface area (TPSA) is 109 Å². The van der Waals surface area contributed by atoms with Crippen molar-refractivity contribution in [2.24, 2.45) is 0 Å². The Kier molecular flexibility index (Phi) is 10.6. The first-order valence-electron chi connectivity index (χ1n) is 11.2. The Morgan fingerprint density at radius 2 is 1.59 bits per heavy atom. The molecular weight excluding hydrogens is 408 g/mol. The molecule has 176 valence electrons. The van der Waals surface area contributed by atoms with E-state index in [1.807, 2.05) is 12.1 Å². The lowest BCUT2D eigenvalue weighted by atomic mass is 10.1. The van der Waals surface area contributed by atoms with E-state index in [-0.39, 0.29) is 11.9 Å². The fraction of sp³-hybridized carbons (Fsp3) is 0.542. The number of unbranched alkanes of at least 4 members (excludes halogenated alkanes) is 6. The number of carbonyl (C=O) groups excluding carboxylic acids is 1. The predicted molar refractivity (Wildman–Crippen MR) is 127 cm³/mol. The summed E-state index contributed by atoms with van der Waals surface area (Å²) in [6, 6.07) is 3.72. The molecule has 0 bridgehead atoms. The van der Waals surface area contributed by atoms with Crippen LogP contribution in [0.2, 0.25) is 0 Å². The molecule has 0 fully saturated rings. The smallest absolute Gasteiger partial charge is 0.231 e. The number of nitrogens with zero attached hydrogens (tertiary/aromatic N) is 2. The van der Waals surface area contributed by atoms with Crippen molar-refractivity contribution >= 4 is 17.7 Å². The van der Waals surface area contributed by atoms with Crippen LogP contribution in [0.25, 0.3) is 0 Å². The molecule has 0 radical (unpaired) electrons. The van der Waals surface area contributed by atoms with Gasteiger partial charge in [0, 0.05) is 24.6 Å². The number of rotatable bonds is 14. The fourth-order valence-corrected chi connectivity index (χ4v) is 3.50. The summed E-state index contributed by atoms with van der Waals surface area (Å²) in [6.07, 6.45) is 10.7. The van der Waals surface area contributed by atoms with E-state index >= 15 is 0 Å². The minimum Gasteiger partial charge on any atom is -0.493 e. The van der Waals surface area contributed by atoms with E-state index in [1.54, 1.807) is 27.5 Å². The number of hydrogen-bond donors (Lipinski definition) is 2. The number of ether oxygens (including phenoxy) is 3. The zero-order valence-electron chi connectivity index (χ0n) is 19.7. The van der Waals surface area contributed by atoms with Crippen LogP contribution in [0.3, 0.4) is 0 Å². The van der Waals surface area contributed by atoms with Gasteiger partial charge in [-0.2, -0.15) is 4.98 Å². The monoisotopic (exact) mass is 444 g/mol. The van der Waals surface area contributed by atoms with Crippen LogP contribution in [-0.2, 0) is 11.2 Å². The van der Waals surface area contributed by atoms with Crippen LogP contribution in [-0.4, -0.2) is 37.2 Å². The molecule has 0 aliphatic carbocycles. The minimum atomic E-state index is -0.0877. The van der Waals surface area contributed by atoms with Gasteiger partial charge in [-0.25, -0.2) is 4.98 Å². The lowest BCUT2D eigenvalue weighted by Gasteiger charge is -2.14. The molecule has 0 saturated heterocycles. The summed E-state index contributed by atoms with van der Waals surface area (Å²) in [7, 11) is 4.71. The lowest BCUT2D eigenvalue weighted by Crippen LogP contribution is -2.15. The molecule has 2 rings (SSSR count).